The van der Waals surface area contributed by atoms with Gasteiger partial charge in [0.2, 0.25) is 5.89 Å². The summed E-state index contributed by atoms with van der Waals surface area (Å²) in [6.45, 7) is 0. The Labute approximate surface area is 145 Å². The van der Waals surface area contributed by atoms with Gasteiger partial charge >= 0.3 is 12.0 Å². The maximum absolute atomic E-state index is 12.2. The number of amides is 1. The molecule has 3 aromatic rings. The molecule has 0 unspecified atom stereocenters. The van der Waals surface area contributed by atoms with Crippen molar-refractivity contribution in [2.24, 2.45) is 0 Å². The van der Waals surface area contributed by atoms with Crippen LogP contribution in [0.5, 0.6) is 0 Å². The second-order valence-electron chi connectivity index (χ2n) is 5.02. The topological polar surface area (TPSA) is 148 Å². The number of nitro groups is 1. The molecule has 1 aromatic heterocycles. The lowest BCUT2D eigenvalue weighted by atomic mass is 10.1. The first-order valence-electron chi connectivity index (χ1n) is 7.17. The summed E-state index contributed by atoms with van der Waals surface area (Å²) in [6.07, 6.45) is 0. The summed E-state index contributed by atoms with van der Waals surface area (Å²) in [4.78, 5) is 33.7. The predicted molar refractivity (Wildman–Crippen MR) is 87.7 cm³/mol. The molecule has 0 spiro atoms. The maximum atomic E-state index is 12.2. The zero-order valence-electron chi connectivity index (χ0n) is 12.9. The fourth-order valence-electron chi connectivity index (χ4n) is 2.17. The van der Waals surface area contributed by atoms with Gasteiger partial charge in [-0.05, 0) is 18.2 Å². The van der Waals surface area contributed by atoms with Gasteiger partial charge in [0, 0.05) is 17.7 Å². The van der Waals surface area contributed by atoms with Crippen molar-refractivity contribution in [3.63, 3.8) is 0 Å². The summed E-state index contributed by atoms with van der Waals surface area (Å²) < 4.78 is 5.27. The van der Waals surface area contributed by atoms with E-state index in [-0.39, 0.29) is 28.7 Å². The van der Waals surface area contributed by atoms with Crippen molar-refractivity contribution in [1.82, 2.24) is 10.2 Å². The molecule has 26 heavy (non-hydrogen) atoms. The minimum Gasteiger partial charge on any atom is -0.478 e. The van der Waals surface area contributed by atoms with E-state index >= 15 is 0 Å². The molecule has 10 nitrogen and oxygen atoms in total. The van der Waals surface area contributed by atoms with E-state index in [1.165, 1.54) is 48.5 Å². The summed E-state index contributed by atoms with van der Waals surface area (Å²) in [6, 6.07) is 10.9. The van der Waals surface area contributed by atoms with Gasteiger partial charge in [-0.25, -0.2) is 4.79 Å². The molecule has 0 bridgehead atoms. The Morgan fingerprint density at radius 2 is 1.81 bits per heavy atom. The summed E-state index contributed by atoms with van der Waals surface area (Å²) in [5, 5.41) is 29.6. The van der Waals surface area contributed by atoms with Gasteiger partial charge in [-0.1, -0.05) is 23.3 Å². The smallest absolute Gasteiger partial charge is 0.336 e. The maximum Gasteiger partial charge on any atom is 0.336 e. The lowest BCUT2D eigenvalue weighted by Crippen LogP contribution is -2.16. The molecule has 2 aromatic carbocycles. The second-order valence-corrected chi connectivity index (χ2v) is 5.02. The first-order chi connectivity index (χ1) is 12.5. The summed E-state index contributed by atoms with van der Waals surface area (Å²) >= 11 is 0. The number of hydrogen-bond acceptors (Lipinski definition) is 7. The number of non-ortho nitro benzene ring substituents is 1. The van der Waals surface area contributed by atoms with E-state index in [0.717, 1.165) is 0 Å². The van der Waals surface area contributed by atoms with Crippen LogP contribution in [0.3, 0.4) is 0 Å². The number of benzene rings is 2. The first-order valence-corrected chi connectivity index (χ1v) is 7.17. The lowest BCUT2D eigenvalue weighted by Gasteiger charge is -2.04. The van der Waals surface area contributed by atoms with E-state index < -0.39 is 16.8 Å². The molecule has 0 aliphatic carbocycles. The molecule has 0 radical (unpaired) electrons. The number of hydrogen-bond donors (Lipinski definition) is 2. The fourth-order valence-corrected chi connectivity index (χ4v) is 2.17. The van der Waals surface area contributed by atoms with Gasteiger partial charge in [-0.3, -0.25) is 20.2 Å². The third-order valence-electron chi connectivity index (χ3n) is 3.35. The van der Waals surface area contributed by atoms with Crippen LogP contribution in [0.2, 0.25) is 0 Å². The highest BCUT2D eigenvalue weighted by Gasteiger charge is 2.19. The van der Waals surface area contributed by atoms with Crippen molar-refractivity contribution in [3.05, 3.63) is 69.8 Å². The van der Waals surface area contributed by atoms with Crippen LogP contribution in [0, 0.1) is 10.1 Å². The van der Waals surface area contributed by atoms with Crippen LogP contribution in [0.15, 0.2) is 52.9 Å². The number of anilines is 1. The fraction of sp³-hybridized carbons (Fsp3) is 0. The summed E-state index contributed by atoms with van der Waals surface area (Å²) in [5.41, 5.74) is -0.0988. The molecule has 0 aliphatic heterocycles. The van der Waals surface area contributed by atoms with Crippen LogP contribution in [0.1, 0.15) is 20.7 Å². The van der Waals surface area contributed by atoms with Crippen molar-refractivity contribution in [2.45, 2.75) is 0 Å². The van der Waals surface area contributed by atoms with Gasteiger partial charge in [0.05, 0.1) is 16.1 Å². The lowest BCUT2D eigenvalue weighted by molar-refractivity contribution is -0.384. The minimum atomic E-state index is -1.25. The van der Waals surface area contributed by atoms with E-state index in [9.17, 15) is 19.7 Å². The van der Waals surface area contributed by atoms with Crippen molar-refractivity contribution in [1.29, 1.82) is 0 Å². The number of carbonyl (C=O) groups is 2. The van der Waals surface area contributed by atoms with Gasteiger partial charge in [0.25, 0.3) is 11.6 Å². The third-order valence-corrected chi connectivity index (χ3v) is 3.35. The van der Waals surface area contributed by atoms with Gasteiger partial charge < -0.3 is 9.52 Å². The third kappa shape index (κ3) is 3.38. The average molecular weight is 354 g/mol. The first kappa shape index (κ1) is 16.8. The Balaban J connectivity index is 1.83. The number of nitrogens with one attached hydrogen (secondary N) is 1. The van der Waals surface area contributed by atoms with Crippen molar-refractivity contribution >= 4 is 23.6 Å². The molecule has 0 aliphatic rings. The molecule has 1 amide bonds. The number of aromatic nitrogens is 2. The number of aromatic carboxylic acids is 1. The molecule has 10 heteroatoms. The molecule has 2 N–H and O–H groups in total. The molecule has 3 rings (SSSR count). The van der Waals surface area contributed by atoms with E-state index in [2.05, 4.69) is 15.5 Å². The monoisotopic (exact) mass is 354 g/mol. The van der Waals surface area contributed by atoms with E-state index in [4.69, 9.17) is 9.52 Å². The highest BCUT2D eigenvalue weighted by Crippen LogP contribution is 2.24. The van der Waals surface area contributed by atoms with Crippen LogP contribution in [-0.2, 0) is 0 Å². The van der Waals surface area contributed by atoms with Gasteiger partial charge in [0.15, 0.2) is 0 Å². The Morgan fingerprint density at radius 1 is 1.08 bits per heavy atom. The van der Waals surface area contributed by atoms with Crippen LogP contribution in [-0.4, -0.2) is 32.1 Å². The zero-order valence-corrected chi connectivity index (χ0v) is 12.9. The number of carbonyl (C=O) groups excluding carboxylic acids is 1. The van der Waals surface area contributed by atoms with E-state index in [0.29, 0.717) is 5.56 Å². The van der Waals surface area contributed by atoms with Gasteiger partial charge in [-0.15, -0.1) is 5.10 Å². The second kappa shape index (κ2) is 6.81. The van der Waals surface area contributed by atoms with E-state index in [1.807, 2.05) is 0 Å². The van der Waals surface area contributed by atoms with Gasteiger partial charge in [0.1, 0.15) is 0 Å². The summed E-state index contributed by atoms with van der Waals surface area (Å²) in [7, 11) is 0. The SMILES string of the molecule is O=C(O)c1ccccc1C(=O)Nc1nnc(-c2cccc([N+](=O)[O-])c2)o1. The molecule has 130 valence electrons. The largest absolute Gasteiger partial charge is 0.478 e. The predicted octanol–water partition coefficient (Wildman–Crippen LogP) is 2.60. The normalized spacial score (nSPS) is 10.3. The average Bonchev–Trinajstić information content (AvgIpc) is 3.10. The van der Waals surface area contributed by atoms with Crippen LogP contribution in [0.25, 0.3) is 11.5 Å². The Morgan fingerprint density at radius 3 is 2.50 bits per heavy atom. The Hall–Kier alpha value is -4.08. The Bertz CT molecular complexity index is 1010. The standard InChI is InChI=1S/C16H10N4O6/c21-13(11-6-1-2-7-12(11)15(22)23)17-16-19-18-14(26-16)9-4-3-5-10(8-9)20(24)25/h1-8H,(H,22,23)(H,17,19,21). The number of rotatable bonds is 5. The highest BCUT2D eigenvalue weighted by molar-refractivity contribution is 6.10. The molecule has 1 heterocycles. The Kier molecular flexibility index (Phi) is 4.39. The number of carboxylic acids is 1. The van der Waals surface area contributed by atoms with Crippen LogP contribution < -0.4 is 5.32 Å². The quantitative estimate of drug-likeness (QED) is 0.524. The zero-order chi connectivity index (χ0) is 18.7. The van der Waals surface area contributed by atoms with Crippen molar-refractivity contribution < 1.29 is 24.0 Å². The molecule has 0 saturated carbocycles. The minimum absolute atomic E-state index is 0.0319. The summed E-state index contributed by atoms with van der Waals surface area (Å²) in [5.74, 6) is -2.02. The molecule has 0 atom stereocenters. The molecular formula is C16H10N4O6. The van der Waals surface area contributed by atoms with Crippen LogP contribution in [0.4, 0.5) is 11.7 Å². The molecule has 0 fully saturated rings. The number of carboxylic acid groups (broad SMARTS) is 1. The van der Waals surface area contributed by atoms with Crippen LogP contribution >= 0.6 is 0 Å². The van der Waals surface area contributed by atoms with E-state index in [1.54, 1.807) is 0 Å². The molecule has 0 saturated heterocycles. The molecular weight excluding hydrogens is 344 g/mol. The van der Waals surface area contributed by atoms with Gasteiger partial charge in [-0.2, -0.15) is 0 Å². The van der Waals surface area contributed by atoms with Crippen molar-refractivity contribution in [2.75, 3.05) is 5.32 Å². The van der Waals surface area contributed by atoms with Crippen molar-refractivity contribution in [3.8, 4) is 11.5 Å². The number of nitro benzene ring substituents is 1. The number of nitrogens with zero attached hydrogens (tertiary/aromatic N) is 3. The highest BCUT2D eigenvalue weighted by atomic mass is 16.6.